The highest BCUT2D eigenvalue weighted by atomic mass is 79.9. The minimum absolute atomic E-state index is 0.103. The third kappa shape index (κ3) is 3.03. The van der Waals surface area contributed by atoms with Crippen LogP contribution in [0.15, 0.2) is 20.8 Å². The maximum absolute atomic E-state index is 12.0. The molecule has 22 heavy (non-hydrogen) atoms. The number of thiazole rings is 1. The smallest absolute Gasteiger partial charge is 0.282 e. The van der Waals surface area contributed by atoms with E-state index in [0.717, 1.165) is 49.1 Å². The van der Waals surface area contributed by atoms with Gasteiger partial charge in [-0.15, -0.1) is 11.3 Å². The van der Waals surface area contributed by atoms with Crippen LogP contribution in [0.3, 0.4) is 0 Å². The van der Waals surface area contributed by atoms with Gasteiger partial charge in [0.05, 0.1) is 17.6 Å². The Bertz CT molecular complexity index is 728. The first-order valence-electron chi connectivity index (χ1n) is 7.20. The first-order valence-corrected chi connectivity index (χ1v) is 8.87. The van der Waals surface area contributed by atoms with E-state index >= 15 is 0 Å². The Morgan fingerprint density at radius 1 is 1.23 bits per heavy atom. The lowest BCUT2D eigenvalue weighted by Gasteiger charge is -2.24. The van der Waals surface area contributed by atoms with Crippen LogP contribution in [0.25, 0.3) is 0 Å². The van der Waals surface area contributed by atoms with Crippen molar-refractivity contribution in [3.05, 3.63) is 32.1 Å². The summed E-state index contributed by atoms with van der Waals surface area (Å²) in [4.78, 5) is 21.1. The number of rotatable bonds is 2. The fourth-order valence-electron chi connectivity index (χ4n) is 2.56. The zero-order valence-electron chi connectivity index (χ0n) is 12.6. The molecule has 0 atom stereocenters. The molecule has 0 spiro atoms. The molecule has 1 fully saturated rings. The highest BCUT2D eigenvalue weighted by Gasteiger charge is 2.20. The Kier molecular flexibility index (Phi) is 4.49. The molecule has 0 saturated carbocycles. The van der Waals surface area contributed by atoms with Crippen molar-refractivity contribution in [2.45, 2.75) is 13.3 Å². The topological polar surface area (TPSA) is 54.3 Å². The quantitative estimate of drug-likeness (QED) is 0.793. The molecule has 0 aliphatic carbocycles. The molecule has 0 bridgehead atoms. The predicted molar refractivity (Wildman–Crippen MR) is 93.1 cm³/mol. The van der Waals surface area contributed by atoms with Crippen LogP contribution in [0.1, 0.15) is 12.1 Å². The number of hydrogen-bond acceptors (Lipinski definition) is 6. The summed E-state index contributed by atoms with van der Waals surface area (Å²) in [7, 11) is 1.66. The van der Waals surface area contributed by atoms with E-state index in [9.17, 15) is 4.79 Å². The first-order chi connectivity index (χ1) is 10.6. The van der Waals surface area contributed by atoms with Gasteiger partial charge in [-0.05, 0) is 29.3 Å². The molecule has 0 aromatic carbocycles. The zero-order valence-corrected chi connectivity index (χ0v) is 15.0. The largest absolute Gasteiger partial charge is 0.367 e. The van der Waals surface area contributed by atoms with Crippen LogP contribution in [-0.4, -0.2) is 40.9 Å². The highest BCUT2D eigenvalue weighted by molar-refractivity contribution is 9.10. The van der Waals surface area contributed by atoms with Crippen molar-refractivity contribution in [1.82, 2.24) is 14.8 Å². The van der Waals surface area contributed by atoms with E-state index in [1.807, 2.05) is 6.92 Å². The van der Waals surface area contributed by atoms with Gasteiger partial charge in [-0.3, -0.25) is 4.79 Å². The number of hydrogen-bond donors (Lipinski definition) is 0. The van der Waals surface area contributed by atoms with Gasteiger partial charge in [-0.25, -0.2) is 9.67 Å². The van der Waals surface area contributed by atoms with E-state index in [1.165, 1.54) is 4.68 Å². The van der Waals surface area contributed by atoms with E-state index < -0.39 is 0 Å². The Hall–Kier alpha value is -1.41. The average molecular weight is 384 g/mol. The molecule has 6 nitrogen and oxygen atoms in total. The molecule has 3 heterocycles. The molecule has 1 aliphatic rings. The lowest BCUT2D eigenvalue weighted by Crippen LogP contribution is -2.32. The fraction of sp³-hybridized carbons (Fsp3) is 0.500. The van der Waals surface area contributed by atoms with Gasteiger partial charge >= 0.3 is 0 Å². The molecule has 2 aromatic heterocycles. The number of aromatic nitrogens is 3. The van der Waals surface area contributed by atoms with Crippen molar-refractivity contribution in [2.75, 3.05) is 36.0 Å². The maximum atomic E-state index is 12.0. The van der Waals surface area contributed by atoms with Crippen molar-refractivity contribution in [3.8, 4) is 0 Å². The summed E-state index contributed by atoms with van der Waals surface area (Å²) >= 11 is 5.11. The number of halogens is 1. The molecular formula is C14H18BrN5OS. The Balaban J connectivity index is 1.78. The fourth-order valence-corrected chi connectivity index (χ4v) is 4.03. The first kappa shape index (κ1) is 15.5. The summed E-state index contributed by atoms with van der Waals surface area (Å²) in [6.07, 6.45) is 2.79. The summed E-state index contributed by atoms with van der Waals surface area (Å²) in [5, 5.41) is 7.30. The van der Waals surface area contributed by atoms with Crippen molar-refractivity contribution < 1.29 is 0 Å². The lowest BCUT2D eigenvalue weighted by molar-refractivity contribution is 0.694. The van der Waals surface area contributed by atoms with Crippen molar-refractivity contribution in [2.24, 2.45) is 7.05 Å². The minimum Gasteiger partial charge on any atom is -0.367 e. The van der Waals surface area contributed by atoms with E-state index in [1.54, 1.807) is 24.6 Å². The standard InChI is InChI=1S/C14H18BrN5OS/c1-10-9-22-14(17-10)20-5-3-4-19(6-7-20)11-8-16-18(2)13(21)12(11)15/h8-9H,3-7H2,1-2H3. The maximum Gasteiger partial charge on any atom is 0.282 e. The van der Waals surface area contributed by atoms with Crippen LogP contribution in [-0.2, 0) is 7.05 Å². The Morgan fingerprint density at radius 2 is 1.95 bits per heavy atom. The predicted octanol–water partition coefficient (Wildman–Crippen LogP) is 2.02. The SMILES string of the molecule is Cc1csc(N2CCCN(c3cnn(C)c(=O)c3Br)CC2)n1. The van der Waals surface area contributed by atoms with Gasteiger partial charge in [0.15, 0.2) is 5.13 Å². The van der Waals surface area contributed by atoms with Gasteiger partial charge in [-0.2, -0.15) is 5.10 Å². The van der Waals surface area contributed by atoms with E-state index in [4.69, 9.17) is 0 Å². The van der Waals surface area contributed by atoms with Crippen LogP contribution < -0.4 is 15.4 Å². The second kappa shape index (κ2) is 6.37. The van der Waals surface area contributed by atoms with Crippen molar-refractivity contribution in [3.63, 3.8) is 0 Å². The number of aryl methyl sites for hydroxylation is 2. The highest BCUT2D eigenvalue weighted by Crippen LogP contribution is 2.25. The summed E-state index contributed by atoms with van der Waals surface area (Å²) in [5.74, 6) is 0. The number of nitrogens with zero attached hydrogens (tertiary/aromatic N) is 5. The molecule has 1 saturated heterocycles. The molecule has 1 aliphatic heterocycles. The molecule has 0 N–H and O–H groups in total. The molecule has 118 valence electrons. The van der Waals surface area contributed by atoms with Crippen molar-refractivity contribution >= 4 is 38.1 Å². The summed E-state index contributed by atoms with van der Waals surface area (Å²) in [6, 6.07) is 0. The second-order valence-corrected chi connectivity index (χ2v) is 7.00. The van der Waals surface area contributed by atoms with Crippen LogP contribution in [0.2, 0.25) is 0 Å². The lowest BCUT2D eigenvalue weighted by atomic mass is 10.3. The molecule has 8 heteroatoms. The van der Waals surface area contributed by atoms with Gasteiger partial charge in [0.25, 0.3) is 5.56 Å². The van der Waals surface area contributed by atoms with Crippen LogP contribution in [0.4, 0.5) is 10.8 Å². The van der Waals surface area contributed by atoms with Gasteiger partial charge in [0, 0.05) is 38.6 Å². The zero-order chi connectivity index (χ0) is 15.7. The summed E-state index contributed by atoms with van der Waals surface area (Å²) in [5.41, 5.74) is 1.84. The van der Waals surface area contributed by atoms with Gasteiger partial charge in [0.2, 0.25) is 0 Å². The minimum atomic E-state index is -0.103. The monoisotopic (exact) mass is 383 g/mol. The molecule has 3 rings (SSSR count). The summed E-state index contributed by atoms with van der Waals surface area (Å²) < 4.78 is 1.93. The Morgan fingerprint density at radius 3 is 2.68 bits per heavy atom. The second-order valence-electron chi connectivity index (χ2n) is 5.37. The third-order valence-corrected chi connectivity index (χ3v) is 5.54. The van der Waals surface area contributed by atoms with Crippen LogP contribution in [0.5, 0.6) is 0 Å². The van der Waals surface area contributed by atoms with Gasteiger partial charge < -0.3 is 9.80 Å². The summed E-state index contributed by atoms with van der Waals surface area (Å²) in [6.45, 7) is 5.67. The van der Waals surface area contributed by atoms with Crippen LogP contribution in [0, 0.1) is 6.92 Å². The van der Waals surface area contributed by atoms with Gasteiger partial charge in [-0.1, -0.05) is 0 Å². The van der Waals surface area contributed by atoms with Gasteiger partial charge in [0.1, 0.15) is 4.47 Å². The van der Waals surface area contributed by atoms with E-state index in [0.29, 0.717) is 4.47 Å². The molecule has 0 unspecified atom stereocenters. The normalized spacial score (nSPS) is 16.0. The van der Waals surface area contributed by atoms with E-state index in [-0.39, 0.29) is 5.56 Å². The molecule has 0 amide bonds. The molecule has 2 aromatic rings. The molecule has 0 radical (unpaired) electrons. The van der Waals surface area contributed by atoms with E-state index in [2.05, 4.69) is 41.2 Å². The van der Waals surface area contributed by atoms with Crippen LogP contribution >= 0.6 is 27.3 Å². The molecular weight excluding hydrogens is 366 g/mol. The number of anilines is 2. The Labute approximate surface area is 141 Å². The van der Waals surface area contributed by atoms with Crippen molar-refractivity contribution in [1.29, 1.82) is 0 Å². The average Bonchev–Trinajstić information content (AvgIpc) is 2.79. The third-order valence-electron chi connectivity index (χ3n) is 3.77.